The summed E-state index contributed by atoms with van der Waals surface area (Å²) in [7, 11) is 0. The Balaban J connectivity index is 1.05. The van der Waals surface area contributed by atoms with Crippen LogP contribution in [0.1, 0.15) is 47.2 Å². The van der Waals surface area contributed by atoms with Crippen LogP contribution in [0.4, 0.5) is 17.1 Å². The summed E-state index contributed by atoms with van der Waals surface area (Å²) in [4.78, 5) is 2.42. The molecule has 0 spiro atoms. The highest BCUT2D eigenvalue weighted by molar-refractivity contribution is 6.09. The van der Waals surface area contributed by atoms with Crippen LogP contribution in [-0.4, -0.2) is 5.11 Å². The van der Waals surface area contributed by atoms with Gasteiger partial charge in [0.25, 0.3) is 0 Å². The van der Waals surface area contributed by atoms with Crippen molar-refractivity contribution in [3.05, 3.63) is 264 Å². The first-order valence-electron chi connectivity index (χ1n) is 23.1. The van der Waals surface area contributed by atoms with E-state index >= 15 is 0 Å². The molecule has 13 rings (SSSR count). The van der Waals surface area contributed by atoms with Crippen molar-refractivity contribution in [2.75, 3.05) is 4.90 Å². The van der Waals surface area contributed by atoms with Gasteiger partial charge in [-0.1, -0.05) is 190 Å². The van der Waals surface area contributed by atoms with Crippen LogP contribution in [0.15, 0.2) is 235 Å². The van der Waals surface area contributed by atoms with E-state index in [0.29, 0.717) is 0 Å². The smallest absolute Gasteiger partial charge is 0.143 e. The van der Waals surface area contributed by atoms with Crippen molar-refractivity contribution in [1.82, 2.24) is 0 Å². The van der Waals surface area contributed by atoms with Gasteiger partial charge in [0.1, 0.15) is 16.9 Å². The number of phenols is 1. The lowest BCUT2D eigenvalue weighted by Gasteiger charge is -2.36. The van der Waals surface area contributed by atoms with Gasteiger partial charge >= 0.3 is 0 Å². The Bertz CT molecular complexity index is 3750. The Kier molecular flexibility index (Phi) is 8.63. The molecule has 0 saturated carbocycles. The Hall–Kier alpha value is -8.40. The maximum absolute atomic E-state index is 11.3. The largest absolute Gasteiger partial charge is 0.508 e. The van der Waals surface area contributed by atoms with Crippen molar-refractivity contribution >= 4 is 39.0 Å². The molecule has 0 saturated heterocycles. The molecule has 318 valence electrons. The SMILES string of the molecule is CC1(C)c2ccccc2-c2ccc(N(c3ccc(-c4cccc5c4oc4ccccc45)cc3)c3ccc4c(c3)C(c3cccc(O)c3)(c3ccccc3-c3ccccc3)c3ccccc3-4)cc21. The van der Waals surface area contributed by atoms with Gasteiger partial charge in [0, 0.05) is 38.8 Å². The first kappa shape index (κ1) is 39.0. The van der Waals surface area contributed by atoms with Crippen molar-refractivity contribution in [3.63, 3.8) is 0 Å². The molecule has 1 N–H and O–H groups in total. The van der Waals surface area contributed by atoms with Crippen LogP contribution < -0.4 is 4.90 Å². The third-order valence-electron chi connectivity index (χ3n) is 14.6. The number of aromatic hydroxyl groups is 1. The van der Waals surface area contributed by atoms with Gasteiger partial charge in [-0.05, 0) is 127 Å². The van der Waals surface area contributed by atoms with E-state index in [0.717, 1.165) is 77.9 Å². The molecular weight excluding hydrogens is 815 g/mol. The number of benzene rings is 10. The number of phenolic OH excluding ortho intramolecular Hbond substituents is 1. The first-order chi connectivity index (χ1) is 32.9. The number of hydrogen-bond donors (Lipinski definition) is 1. The predicted molar refractivity (Wildman–Crippen MR) is 276 cm³/mol. The molecule has 1 atom stereocenters. The lowest BCUT2D eigenvalue weighted by Crippen LogP contribution is -2.29. The van der Waals surface area contributed by atoms with Gasteiger partial charge in [-0.3, -0.25) is 0 Å². The highest BCUT2D eigenvalue weighted by Gasteiger charge is 2.48. The monoisotopic (exact) mass is 859 g/mol. The molecule has 0 amide bonds. The van der Waals surface area contributed by atoms with E-state index in [4.69, 9.17) is 4.42 Å². The van der Waals surface area contributed by atoms with E-state index in [9.17, 15) is 5.11 Å². The molecule has 3 heteroatoms. The molecular formula is C64H45NO2. The van der Waals surface area contributed by atoms with Crippen LogP contribution in [0, 0.1) is 0 Å². The van der Waals surface area contributed by atoms with Crippen molar-refractivity contribution in [3.8, 4) is 50.3 Å². The molecule has 3 nitrogen and oxygen atoms in total. The van der Waals surface area contributed by atoms with Crippen LogP contribution >= 0.6 is 0 Å². The molecule has 1 aromatic heterocycles. The minimum absolute atomic E-state index is 0.187. The summed E-state index contributed by atoms with van der Waals surface area (Å²) in [5.74, 6) is 0.234. The van der Waals surface area contributed by atoms with E-state index in [1.807, 2.05) is 24.3 Å². The fourth-order valence-corrected chi connectivity index (χ4v) is 11.6. The number of hydrogen-bond acceptors (Lipinski definition) is 3. The topological polar surface area (TPSA) is 36.6 Å². The molecule has 0 fully saturated rings. The zero-order chi connectivity index (χ0) is 44.9. The zero-order valence-electron chi connectivity index (χ0n) is 37.2. The molecule has 2 aliphatic carbocycles. The standard InChI is InChI=1S/C64H45NO2/c1-63(2)56-26-10-7-21-50(56)52-36-34-45(39-59(52)63)65(44-32-30-42(31-33-44)49-24-15-25-55-54-23-9-13-29-61(54)67-62(49)55)46-35-37-53-51-22-8-12-28-58(51)64(60(53)40-46,43-18-14-19-47(66)38-43)57-27-11-6-20-48(57)41-16-4-3-5-17-41/h3-40,66H,1-2H3. The Morgan fingerprint density at radius 3 is 1.64 bits per heavy atom. The molecule has 1 unspecified atom stereocenters. The van der Waals surface area contributed by atoms with Crippen LogP contribution in [-0.2, 0) is 10.8 Å². The van der Waals surface area contributed by atoms with Gasteiger partial charge in [0.05, 0.1) is 5.41 Å². The van der Waals surface area contributed by atoms with Crippen molar-refractivity contribution < 1.29 is 9.52 Å². The van der Waals surface area contributed by atoms with Crippen molar-refractivity contribution in [2.24, 2.45) is 0 Å². The average molecular weight is 860 g/mol. The van der Waals surface area contributed by atoms with Gasteiger partial charge in [-0.2, -0.15) is 0 Å². The van der Waals surface area contributed by atoms with Gasteiger partial charge in [-0.25, -0.2) is 0 Å². The third kappa shape index (κ3) is 5.77. The Morgan fingerprint density at radius 2 is 0.896 bits per heavy atom. The van der Waals surface area contributed by atoms with Gasteiger partial charge in [-0.15, -0.1) is 0 Å². The minimum atomic E-state index is -0.782. The number of para-hydroxylation sites is 2. The number of nitrogens with zero attached hydrogens (tertiary/aromatic N) is 1. The maximum atomic E-state index is 11.3. The molecule has 0 bridgehead atoms. The van der Waals surface area contributed by atoms with E-state index in [2.05, 4.69) is 219 Å². The average Bonchev–Trinajstić information content (AvgIpc) is 3.98. The van der Waals surface area contributed by atoms with Crippen LogP contribution in [0.3, 0.4) is 0 Å². The van der Waals surface area contributed by atoms with Crippen molar-refractivity contribution in [1.29, 1.82) is 0 Å². The number of furan rings is 1. The van der Waals surface area contributed by atoms with E-state index in [-0.39, 0.29) is 11.2 Å². The maximum Gasteiger partial charge on any atom is 0.143 e. The van der Waals surface area contributed by atoms with E-state index < -0.39 is 5.41 Å². The molecule has 1 heterocycles. The second-order valence-electron chi connectivity index (χ2n) is 18.6. The summed E-state index contributed by atoms with van der Waals surface area (Å²) in [6.45, 7) is 4.69. The lowest BCUT2D eigenvalue weighted by atomic mass is 9.65. The van der Waals surface area contributed by atoms with Gasteiger partial charge in [0.15, 0.2) is 0 Å². The summed E-state index contributed by atoms with van der Waals surface area (Å²) >= 11 is 0. The van der Waals surface area contributed by atoms with Crippen LogP contribution in [0.25, 0.3) is 66.4 Å². The fraction of sp³-hybridized carbons (Fsp3) is 0.0625. The minimum Gasteiger partial charge on any atom is -0.508 e. The first-order valence-corrected chi connectivity index (χ1v) is 23.1. The fourth-order valence-electron chi connectivity index (χ4n) is 11.6. The second-order valence-corrected chi connectivity index (χ2v) is 18.6. The van der Waals surface area contributed by atoms with E-state index in [1.54, 1.807) is 6.07 Å². The molecule has 10 aromatic carbocycles. The van der Waals surface area contributed by atoms with Crippen molar-refractivity contribution in [2.45, 2.75) is 24.7 Å². The zero-order valence-corrected chi connectivity index (χ0v) is 37.2. The molecule has 0 radical (unpaired) electrons. The number of fused-ring (bicyclic) bond motifs is 9. The molecule has 67 heavy (non-hydrogen) atoms. The summed E-state index contributed by atoms with van der Waals surface area (Å²) in [5, 5.41) is 13.6. The Morgan fingerprint density at radius 1 is 0.373 bits per heavy atom. The normalized spacial score (nSPS) is 15.3. The summed E-state index contributed by atoms with van der Waals surface area (Å²) in [6.07, 6.45) is 0. The Labute approximate surface area is 390 Å². The van der Waals surface area contributed by atoms with E-state index in [1.165, 1.54) is 38.9 Å². The molecule has 0 aliphatic heterocycles. The summed E-state index contributed by atoms with van der Waals surface area (Å²) in [6, 6.07) is 82.7. The van der Waals surface area contributed by atoms with Gasteiger partial charge < -0.3 is 14.4 Å². The highest BCUT2D eigenvalue weighted by atomic mass is 16.3. The van der Waals surface area contributed by atoms with Gasteiger partial charge in [0.2, 0.25) is 0 Å². The lowest BCUT2D eigenvalue weighted by molar-refractivity contribution is 0.473. The predicted octanol–water partition coefficient (Wildman–Crippen LogP) is 16.8. The number of rotatable bonds is 7. The number of anilines is 3. The second kappa shape index (κ2) is 14.8. The highest BCUT2D eigenvalue weighted by Crippen LogP contribution is 2.59. The molecule has 2 aliphatic rings. The quantitative estimate of drug-likeness (QED) is 0.173. The molecule has 11 aromatic rings. The van der Waals surface area contributed by atoms with Crippen LogP contribution in [0.2, 0.25) is 0 Å². The summed E-state index contributed by atoms with van der Waals surface area (Å²) in [5.41, 5.74) is 20.5. The third-order valence-corrected chi connectivity index (χ3v) is 14.6. The summed E-state index contributed by atoms with van der Waals surface area (Å²) < 4.78 is 6.52. The van der Waals surface area contributed by atoms with Crippen LogP contribution in [0.5, 0.6) is 5.75 Å².